The average molecular weight is 168 g/mol. The molecule has 0 saturated carbocycles. The molecule has 3 nitrogen and oxygen atoms in total. The molecule has 1 aromatic rings. The summed E-state index contributed by atoms with van der Waals surface area (Å²) >= 11 is 0. The molecule has 0 aliphatic heterocycles. The molecule has 0 spiro atoms. The second-order valence-corrected chi connectivity index (χ2v) is 2.20. The minimum atomic E-state index is -0.407. The van der Waals surface area contributed by atoms with Gasteiger partial charge in [-0.1, -0.05) is 5.16 Å². The molecule has 1 rings (SSSR count). The summed E-state index contributed by atoms with van der Waals surface area (Å²) in [5, 5.41) is 3.43. The molecular formula is C8H9FN2O. The Bertz CT molecular complexity index is 299. The van der Waals surface area contributed by atoms with E-state index in [9.17, 15) is 4.39 Å². The number of rotatable bonds is 2. The van der Waals surface area contributed by atoms with Crippen molar-refractivity contribution in [2.45, 2.75) is 0 Å². The summed E-state index contributed by atoms with van der Waals surface area (Å²) in [6.45, 7) is 0. The van der Waals surface area contributed by atoms with Crippen LogP contribution in [-0.4, -0.2) is 13.3 Å². The van der Waals surface area contributed by atoms with Gasteiger partial charge in [0.1, 0.15) is 12.9 Å². The molecule has 1 aromatic carbocycles. The van der Waals surface area contributed by atoms with Gasteiger partial charge in [0.2, 0.25) is 0 Å². The van der Waals surface area contributed by atoms with E-state index in [2.05, 4.69) is 9.99 Å². The van der Waals surface area contributed by atoms with Crippen LogP contribution in [0.1, 0.15) is 5.56 Å². The van der Waals surface area contributed by atoms with E-state index >= 15 is 0 Å². The number of hydrogen-bond acceptors (Lipinski definition) is 3. The number of nitrogens with two attached hydrogens (primary N) is 1. The van der Waals surface area contributed by atoms with Crippen LogP contribution in [-0.2, 0) is 4.84 Å². The van der Waals surface area contributed by atoms with Crippen LogP contribution in [0.4, 0.5) is 10.1 Å². The maximum absolute atomic E-state index is 12.9. The first-order valence-corrected chi connectivity index (χ1v) is 3.35. The van der Waals surface area contributed by atoms with Crippen molar-refractivity contribution in [2.24, 2.45) is 5.16 Å². The number of oxime groups is 1. The Morgan fingerprint density at radius 2 is 2.33 bits per heavy atom. The smallest absolute Gasteiger partial charge is 0.134 e. The average Bonchev–Trinajstić information content (AvgIpc) is 2.03. The summed E-state index contributed by atoms with van der Waals surface area (Å²) in [7, 11) is 1.39. The summed E-state index contributed by atoms with van der Waals surface area (Å²) in [6, 6.07) is 4.37. The quantitative estimate of drug-likeness (QED) is 0.412. The van der Waals surface area contributed by atoms with Gasteiger partial charge in [-0.25, -0.2) is 4.39 Å². The topological polar surface area (TPSA) is 47.6 Å². The zero-order chi connectivity index (χ0) is 8.97. The van der Waals surface area contributed by atoms with Crippen LogP contribution >= 0.6 is 0 Å². The lowest BCUT2D eigenvalue weighted by molar-refractivity contribution is 0.215. The van der Waals surface area contributed by atoms with Crippen molar-refractivity contribution in [2.75, 3.05) is 12.8 Å². The van der Waals surface area contributed by atoms with Gasteiger partial charge in [0.25, 0.3) is 0 Å². The van der Waals surface area contributed by atoms with Crippen molar-refractivity contribution in [3.05, 3.63) is 29.6 Å². The molecule has 0 atom stereocenters. The first-order valence-electron chi connectivity index (χ1n) is 3.35. The van der Waals surface area contributed by atoms with Crippen LogP contribution in [0.15, 0.2) is 23.4 Å². The number of halogens is 1. The number of benzene rings is 1. The first-order chi connectivity index (χ1) is 5.74. The molecule has 0 bridgehead atoms. The van der Waals surface area contributed by atoms with Crippen LogP contribution in [0.3, 0.4) is 0 Å². The Hall–Kier alpha value is -1.58. The van der Waals surface area contributed by atoms with Gasteiger partial charge in [0.05, 0.1) is 6.21 Å². The fourth-order valence-corrected chi connectivity index (χ4v) is 0.758. The molecule has 0 fully saturated rings. The highest BCUT2D eigenvalue weighted by molar-refractivity contribution is 5.80. The van der Waals surface area contributed by atoms with Crippen LogP contribution < -0.4 is 5.73 Å². The molecule has 0 saturated heterocycles. The maximum Gasteiger partial charge on any atom is 0.134 e. The van der Waals surface area contributed by atoms with Gasteiger partial charge in [-0.05, 0) is 18.2 Å². The largest absolute Gasteiger partial charge is 0.399 e. The minimum Gasteiger partial charge on any atom is -0.399 e. The van der Waals surface area contributed by atoms with E-state index in [4.69, 9.17) is 5.73 Å². The molecule has 4 heteroatoms. The van der Waals surface area contributed by atoms with Crippen LogP contribution in [0, 0.1) is 5.82 Å². The Morgan fingerprint density at radius 3 is 2.92 bits per heavy atom. The van der Waals surface area contributed by atoms with Gasteiger partial charge < -0.3 is 10.6 Å². The number of nitrogens with zero attached hydrogens (tertiary/aromatic N) is 1. The van der Waals surface area contributed by atoms with Gasteiger partial charge in [0, 0.05) is 11.3 Å². The number of hydrogen-bond donors (Lipinski definition) is 1. The van der Waals surface area contributed by atoms with Gasteiger partial charge in [0.15, 0.2) is 0 Å². The third kappa shape index (κ3) is 1.95. The summed E-state index contributed by atoms with van der Waals surface area (Å²) < 4.78 is 12.9. The molecule has 0 aliphatic carbocycles. The Kier molecular flexibility index (Phi) is 2.63. The highest BCUT2D eigenvalue weighted by Gasteiger charge is 1.98. The second kappa shape index (κ2) is 3.71. The summed E-state index contributed by atoms with van der Waals surface area (Å²) in [5.74, 6) is -0.407. The molecule has 12 heavy (non-hydrogen) atoms. The Labute approximate surface area is 69.6 Å². The van der Waals surface area contributed by atoms with Crippen molar-refractivity contribution < 1.29 is 9.23 Å². The molecule has 0 aliphatic rings. The summed E-state index contributed by atoms with van der Waals surface area (Å²) in [5.41, 5.74) is 6.08. The molecular weight excluding hydrogens is 159 g/mol. The molecule has 64 valence electrons. The molecule has 0 unspecified atom stereocenters. The van der Waals surface area contributed by atoms with Crippen LogP contribution in [0.5, 0.6) is 0 Å². The van der Waals surface area contributed by atoms with E-state index in [0.717, 1.165) is 0 Å². The van der Waals surface area contributed by atoms with Crippen molar-refractivity contribution in [1.29, 1.82) is 0 Å². The molecule has 0 aromatic heterocycles. The normalized spacial score (nSPS) is 10.5. The standard InChI is InChI=1S/C8H9FN2O/c1-12-11-5-6-2-3-7(10)4-8(6)9/h2-5H,10H2,1H3. The van der Waals surface area contributed by atoms with E-state index in [1.165, 1.54) is 25.5 Å². The van der Waals surface area contributed by atoms with E-state index in [1.54, 1.807) is 6.07 Å². The van der Waals surface area contributed by atoms with Crippen LogP contribution in [0.2, 0.25) is 0 Å². The van der Waals surface area contributed by atoms with Gasteiger partial charge in [-0.3, -0.25) is 0 Å². The summed E-state index contributed by atoms with van der Waals surface area (Å²) in [4.78, 5) is 4.40. The third-order valence-corrected chi connectivity index (χ3v) is 1.32. The Balaban J connectivity index is 2.94. The predicted molar refractivity (Wildman–Crippen MR) is 45.4 cm³/mol. The molecule has 2 N–H and O–H groups in total. The lowest BCUT2D eigenvalue weighted by Crippen LogP contribution is -1.91. The number of nitrogen functional groups attached to an aromatic ring is 1. The molecule has 0 heterocycles. The first kappa shape index (κ1) is 8.52. The minimum absolute atomic E-state index is 0.353. The fourth-order valence-electron chi connectivity index (χ4n) is 0.758. The second-order valence-electron chi connectivity index (χ2n) is 2.20. The van der Waals surface area contributed by atoms with E-state index in [1.807, 2.05) is 0 Å². The zero-order valence-corrected chi connectivity index (χ0v) is 6.62. The fraction of sp³-hybridized carbons (Fsp3) is 0.125. The van der Waals surface area contributed by atoms with Gasteiger partial charge >= 0.3 is 0 Å². The Morgan fingerprint density at radius 1 is 1.58 bits per heavy atom. The molecule has 0 radical (unpaired) electrons. The highest BCUT2D eigenvalue weighted by Crippen LogP contribution is 2.09. The van der Waals surface area contributed by atoms with Crippen LogP contribution in [0.25, 0.3) is 0 Å². The summed E-state index contributed by atoms with van der Waals surface area (Å²) in [6.07, 6.45) is 1.29. The van der Waals surface area contributed by atoms with Gasteiger partial charge in [-0.2, -0.15) is 0 Å². The highest BCUT2D eigenvalue weighted by atomic mass is 19.1. The van der Waals surface area contributed by atoms with Crippen molar-refractivity contribution in [3.63, 3.8) is 0 Å². The lowest BCUT2D eigenvalue weighted by Gasteiger charge is -1.96. The molecule has 0 amide bonds. The monoisotopic (exact) mass is 168 g/mol. The van der Waals surface area contributed by atoms with Crippen molar-refractivity contribution >= 4 is 11.9 Å². The van der Waals surface area contributed by atoms with Gasteiger partial charge in [-0.15, -0.1) is 0 Å². The predicted octanol–water partition coefficient (Wildman–Crippen LogP) is 1.39. The number of anilines is 1. The lowest BCUT2D eigenvalue weighted by atomic mass is 10.2. The SMILES string of the molecule is CON=Cc1ccc(N)cc1F. The van der Waals surface area contributed by atoms with E-state index in [-0.39, 0.29) is 0 Å². The van der Waals surface area contributed by atoms with Crippen molar-refractivity contribution in [1.82, 2.24) is 0 Å². The van der Waals surface area contributed by atoms with E-state index in [0.29, 0.717) is 11.3 Å². The maximum atomic E-state index is 12.9. The van der Waals surface area contributed by atoms with E-state index < -0.39 is 5.82 Å². The third-order valence-electron chi connectivity index (χ3n) is 1.32. The zero-order valence-electron chi connectivity index (χ0n) is 6.62. The van der Waals surface area contributed by atoms with Crippen molar-refractivity contribution in [3.8, 4) is 0 Å².